The molecule has 7 heteroatoms. The highest BCUT2D eigenvalue weighted by molar-refractivity contribution is 5.93. The third-order valence-corrected chi connectivity index (χ3v) is 3.40. The van der Waals surface area contributed by atoms with Crippen LogP contribution in [0.2, 0.25) is 0 Å². The molecule has 0 aliphatic rings. The van der Waals surface area contributed by atoms with Crippen molar-refractivity contribution < 1.29 is 14.4 Å². The van der Waals surface area contributed by atoms with E-state index in [0.717, 1.165) is 5.56 Å². The average Bonchev–Trinajstić information content (AvgIpc) is 2.60. The zero-order valence-corrected chi connectivity index (χ0v) is 14.5. The number of benzene rings is 2. The Morgan fingerprint density at radius 1 is 0.846 bits per heavy atom. The fourth-order valence-electron chi connectivity index (χ4n) is 2.23. The Kier molecular flexibility index (Phi) is 7.17. The third kappa shape index (κ3) is 7.04. The second kappa shape index (κ2) is 9.83. The molecule has 136 valence electrons. The number of carbonyl (C=O) groups excluding carboxylic acids is 3. The number of rotatable bonds is 7. The van der Waals surface area contributed by atoms with Crippen molar-refractivity contribution >= 4 is 29.2 Å². The molecule has 0 aromatic heterocycles. The zero-order chi connectivity index (χ0) is 18.8. The lowest BCUT2D eigenvalue weighted by atomic mass is 10.2. The van der Waals surface area contributed by atoms with Gasteiger partial charge in [-0.3, -0.25) is 9.59 Å². The molecule has 7 nitrogen and oxygen atoms in total. The van der Waals surface area contributed by atoms with E-state index in [9.17, 15) is 14.4 Å². The first-order chi connectivity index (χ1) is 12.5. The Balaban J connectivity index is 1.68. The van der Waals surface area contributed by atoms with E-state index in [1.54, 1.807) is 24.3 Å². The molecule has 0 radical (unpaired) electrons. The lowest BCUT2D eigenvalue weighted by Gasteiger charge is -2.09. The summed E-state index contributed by atoms with van der Waals surface area (Å²) in [5, 5.41) is 10.7. The molecule has 0 aliphatic heterocycles. The van der Waals surface area contributed by atoms with Crippen molar-refractivity contribution in [2.45, 2.75) is 19.9 Å². The Morgan fingerprint density at radius 2 is 1.54 bits per heavy atom. The van der Waals surface area contributed by atoms with E-state index in [-0.39, 0.29) is 30.8 Å². The van der Waals surface area contributed by atoms with Crippen molar-refractivity contribution in [3.63, 3.8) is 0 Å². The molecule has 0 atom stereocenters. The van der Waals surface area contributed by atoms with Gasteiger partial charge in [-0.1, -0.05) is 36.4 Å². The van der Waals surface area contributed by atoms with Crippen LogP contribution >= 0.6 is 0 Å². The van der Waals surface area contributed by atoms with E-state index >= 15 is 0 Å². The topological polar surface area (TPSA) is 99.3 Å². The zero-order valence-electron chi connectivity index (χ0n) is 14.5. The first-order valence-corrected chi connectivity index (χ1v) is 8.26. The van der Waals surface area contributed by atoms with Gasteiger partial charge in [-0.25, -0.2) is 4.79 Å². The summed E-state index contributed by atoms with van der Waals surface area (Å²) in [4.78, 5) is 34.7. The van der Waals surface area contributed by atoms with Crippen LogP contribution in [0, 0.1) is 0 Å². The smallest absolute Gasteiger partial charge is 0.315 e. The van der Waals surface area contributed by atoms with Crippen LogP contribution in [0.5, 0.6) is 0 Å². The van der Waals surface area contributed by atoms with Gasteiger partial charge in [0.2, 0.25) is 11.8 Å². The van der Waals surface area contributed by atoms with Crippen LogP contribution in [-0.4, -0.2) is 24.4 Å². The quantitative estimate of drug-likeness (QED) is 0.615. The number of urea groups is 1. The lowest BCUT2D eigenvalue weighted by molar-refractivity contribution is -0.116. The highest BCUT2D eigenvalue weighted by Crippen LogP contribution is 2.15. The second-order valence-corrected chi connectivity index (χ2v) is 5.66. The van der Waals surface area contributed by atoms with Crippen molar-refractivity contribution in [3.05, 3.63) is 60.2 Å². The fourth-order valence-corrected chi connectivity index (χ4v) is 2.23. The molecule has 0 saturated heterocycles. The molecule has 26 heavy (non-hydrogen) atoms. The van der Waals surface area contributed by atoms with Crippen molar-refractivity contribution in [1.82, 2.24) is 10.6 Å². The van der Waals surface area contributed by atoms with Crippen LogP contribution in [0.3, 0.4) is 0 Å². The van der Waals surface area contributed by atoms with Crippen LogP contribution < -0.4 is 21.3 Å². The first kappa shape index (κ1) is 19.0. The molecular formula is C19H22N4O3. The van der Waals surface area contributed by atoms with Gasteiger partial charge in [0, 0.05) is 37.8 Å². The second-order valence-electron chi connectivity index (χ2n) is 5.66. The minimum absolute atomic E-state index is 0.142. The molecule has 2 rings (SSSR count). The van der Waals surface area contributed by atoms with Crippen LogP contribution in [0.4, 0.5) is 16.2 Å². The number of hydrogen-bond acceptors (Lipinski definition) is 3. The van der Waals surface area contributed by atoms with E-state index in [1.807, 2.05) is 30.3 Å². The van der Waals surface area contributed by atoms with Crippen LogP contribution in [0.25, 0.3) is 0 Å². The lowest BCUT2D eigenvalue weighted by Crippen LogP contribution is -2.36. The summed E-state index contributed by atoms with van der Waals surface area (Å²) in [7, 11) is 0. The highest BCUT2D eigenvalue weighted by atomic mass is 16.2. The molecule has 4 N–H and O–H groups in total. The molecule has 2 aromatic rings. The number of amides is 4. The maximum atomic E-state index is 11.9. The van der Waals surface area contributed by atoms with Crippen LogP contribution in [0.15, 0.2) is 54.6 Å². The highest BCUT2D eigenvalue weighted by Gasteiger charge is 2.05. The van der Waals surface area contributed by atoms with Crippen molar-refractivity contribution in [3.8, 4) is 0 Å². The third-order valence-electron chi connectivity index (χ3n) is 3.40. The largest absolute Gasteiger partial charge is 0.338 e. The molecule has 0 bridgehead atoms. The van der Waals surface area contributed by atoms with Crippen molar-refractivity contribution in [2.24, 2.45) is 0 Å². The van der Waals surface area contributed by atoms with E-state index in [1.165, 1.54) is 6.92 Å². The summed E-state index contributed by atoms with van der Waals surface area (Å²) < 4.78 is 0. The number of nitrogens with one attached hydrogen (secondary N) is 4. The average molecular weight is 354 g/mol. The molecule has 0 heterocycles. The van der Waals surface area contributed by atoms with Gasteiger partial charge in [0.1, 0.15) is 0 Å². The molecule has 2 aromatic carbocycles. The van der Waals surface area contributed by atoms with E-state index in [2.05, 4.69) is 21.3 Å². The predicted molar refractivity (Wildman–Crippen MR) is 101 cm³/mol. The van der Waals surface area contributed by atoms with Gasteiger partial charge in [0.05, 0.1) is 0 Å². The van der Waals surface area contributed by atoms with E-state index in [4.69, 9.17) is 0 Å². The Bertz CT molecular complexity index is 762. The van der Waals surface area contributed by atoms with Gasteiger partial charge in [-0.05, 0) is 23.8 Å². The minimum Gasteiger partial charge on any atom is -0.338 e. The summed E-state index contributed by atoms with van der Waals surface area (Å²) in [6.07, 6.45) is 0.142. The van der Waals surface area contributed by atoms with Crippen molar-refractivity contribution in [1.29, 1.82) is 0 Å². The normalized spacial score (nSPS) is 9.88. The van der Waals surface area contributed by atoms with Gasteiger partial charge in [0.15, 0.2) is 0 Å². The van der Waals surface area contributed by atoms with Gasteiger partial charge in [-0.2, -0.15) is 0 Å². The molecule has 0 unspecified atom stereocenters. The minimum atomic E-state index is -0.325. The van der Waals surface area contributed by atoms with Crippen LogP contribution in [-0.2, 0) is 16.1 Å². The monoisotopic (exact) mass is 354 g/mol. The van der Waals surface area contributed by atoms with Gasteiger partial charge in [0.25, 0.3) is 0 Å². The Morgan fingerprint density at radius 3 is 2.23 bits per heavy atom. The Hall–Kier alpha value is -3.35. The predicted octanol–water partition coefficient (Wildman–Crippen LogP) is 2.47. The Labute approximate surface area is 152 Å². The molecule has 0 fully saturated rings. The summed E-state index contributed by atoms with van der Waals surface area (Å²) >= 11 is 0. The number of hydrogen-bond donors (Lipinski definition) is 4. The molecule has 0 saturated carbocycles. The van der Waals surface area contributed by atoms with Crippen LogP contribution in [0.1, 0.15) is 18.9 Å². The standard InChI is InChI=1S/C19H22N4O3/c1-14(24)22-16-8-5-9-17(12-16)23-18(25)10-11-20-19(26)21-13-15-6-3-2-4-7-15/h2-9,12H,10-11,13H2,1H3,(H,22,24)(H,23,25)(H2,20,21,26). The summed E-state index contributed by atoms with van der Waals surface area (Å²) in [6, 6.07) is 16.1. The van der Waals surface area contributed by atoms with Gasteiger partial charge < -0.3 is 21.3 Å². The molecule has 0 spiro atoms. The summed E-state index contributed by atoms with van der Waals surface area (Å²) in [6.45, 7) is 2.06. The molecule has 4 amide bonds. The maximum Gasteiger partial charge on any atom is 0.315 e. The summed E-state index contributed by atoms with van der Waals surface area (Å²) in [5.41, 5.74) is 2.18. The fraction of sp³-hybridized carbons (Fsp3) is 0.211. The molecular weight excluding hydrogens is 332 g/mol. The SMILES string of the molecule is CC(=O)Nc1cccc(NC(=O)CCNC(=O)NCc2ccccc2)c1. The maximum absolute atomic E-state index is 11.9. The number of carbonyl (C=O) groups is 3. The van der Waals surface area contributed by atoms with E-state index in [0.29, 0.717) is 17.9 Å². The number of anilines is 2. The molecule has 0 aliphatic carbocycles. The van der Waals surface area contributed by atoms with Crippen molar-refractivity contribution in [2.75, 3.05) is 17.2 Å². The van der Waals surface area contributed by atoms with E-state index < -0.39 is 0 Å². The summed E-state index contributed by atoms with van der Waals surface area (Å²) in [5.74, 6) is -0.410. The van der Waals surface area contributed by atoms with Gasteiger partial charge in [-0.15, -0.1) is 0 Å². The first-order valence-electron chi connectivity index (χ1n) is 8.26. The van der Waals surface area contributed by atoms with Gasteiger partial charge >= 0.3 is 6.03 Å².